The van der Waals surface area contributed by atoms with Crippen molar-refractivity contribution in [2.24, 2.45) is 5.73 Å². The molecule has 3 N–H and O–H groups in total. The quantitative estimate of drug-likeness (QED) is 0.506. The van der Waals surface area contributed by atoms with Gasteiger partial charge in [0.2, 0.25) is 0 Å². The molecule has 160 valence electrons. The number of carbonyl (C=O) groups excluding carboxylic acids is 1. The number of hydrogen-bond acceptors (Lipinski definition) is 6. The molecular weight excluding hydrogens is 391 g/mol. The number of esters is 1. The Labute approximate surface area is 184 Å². The van der Waals surface area contributed by atoms with E-state index in [0.29, 0.717) is 41.9 Å². The lowest BCUT2D eigenvalue weighted by Crippen LogP contribution is -2.36. The van der Waals surface area contributed by atoms with Gasteiger partial charge in [0.15, 0.2) is 5.60 Å². The maximum absolute atomic E-state index is 12.1. The van der Waals surface area contributed by atoms with Crippen LogP contribution in [0.4, 0.5) is 0 Å². The average molecular weight is 418 g/mol. The largest absolute Gasteiger partial charge is 0.507 e. The molecule has 1 aliphatic rings. The van der Waals surface area contributed by atoms with Crippen LogP contribution < -0.4 is 15.9 Å². The zero-order valence-corrected chi connectivity index (χ0v) is 18.1. The number of carbonyl (C=O) groups is 1. The summed E-state index contributed by atoms with van der Waals surface area (Å²) in [5.41, 5.74) is 8.85. The minimum Gasteiger partial charge on any atom is -0.507 e. The van der Waals surface area contributed by atoms with E-state index < -0.39 is 5.60 Å². The molecule has 7 heteroatoms. The third kappa shape index (κ3) is 4.67. The van der Waals surface area contributed by atoms with Crippen LogP contribution in [0.5, 0.6) is 5.75 Å². The standard InChI is InChI=1S/C24H27BN2O4/c1-4-17-12-20(15-8-9-27-19(10-15)14-26)23(29)24(17,3)31-21-13-18(25)7-6-16(21)11-22(28)30-5-2/h6-10,12-13,29H,4-5,11,14,26H2,1-3H3. The molecule has 0 saturated carbocycles. The minimum absolute atomic E-state index is 0.0479. The highest BCUT2D eigenvalue weighted by Crippen LogP contribution is 2.43. The second kappa shape index (κ2) is 9.39. The average Bonchev–Trinajstić information content (AvgIpc) is 3.00. The first-order valence-corrected chi connectivity index (χ1v) is 10.4. The summed E-state index contributed by atoms with van der Waals surface area (Å²) in [5, 5.41) is 11.2. The van der Waals surface area contributed by atoms with Crippen LogP contribution in [0.3, 0.4) is 0 Å². The summed E-state index contributed by atoms with van der Waals surface area (Å²) < 4.78 is 11.4. The predicted molar refractivity (Wildman–Crippen MR) is 121 cm³/mol. The second-order valence-corrected chi connectivity index (χ2v) is 7.51. The number of nitrogens with zero attached hydrogens (tertiary/aromatic N) is 1. The van der Waals surface area contributed by atoms with E-state index in [1.54, 1.807) is 31.3 Å². The summed E-state index contributed by atoms with van der Waals surface area (Å²) in [5.74, 6) is 0.162. The lowest BCUT2D eigenvalue weighted by Gasteiger charge is -2.31. The summed E-state index contributed by atoms with van der Waals surface area (Å²) in [7, 11) is 5.98. The van der Waals surface area contributed by atoms with Crippen molar-refractivity contribution in [3.8, 4) is 5.75 Å². The van der Waals surface area contributed by atoms with Gasteiger partial charge in [-0.3, -0.25) is 9.78 Å². The number of benzene rings is 1. The van der Waals surface area contributed by atoms with E-state index in [9.17, 15) is 9.90 Å². The fraction of sp³-hybridized carbons (Fsp3) is 0.333. The number of allylic oxidation sites excluding steroid dienone is 2. The van der Waals surface area contributed by atoms with Gasteiger partial charge in [0.25, 0.3) is 0 Å². The predicted octanol–water partition coefficient (Wildman–Crippen LogP) is 2.90. The van der Waals surface area contributed by atoms with Gasteiger partial charge in [0.1, 0.15) is 19.4 Å². The molecule has 0 amide bonds. The van der Waals surface area contributed by atoms with Crippen molar-refractivity contribution in [1.29, 1.82) is 0 Å². The number of nitrogens with two attached hydrogens (primary N) is 1. The molecule has 0 bridgehead atoms. The Morgan fingerprint density at radius 1 is 1.26 bits per heavy atom. The molecule has 1 aromatic carbocycles. The van der Waals surface area contributed by atoms with Crippen molar-refractivity contribution in [1.82, 2.24) is 4.98 Å². The SMILES string of the molecule is [B]c1ccc(CC(=O)OCC)c(OC2(C)C(CC)=CC(c3ccnc(CN)c3)=C2O)c1. The van der Waals surface area contributed by atoms with Crippen LogP contribution in [0.15, 0.2) is 53.9 Å². The van der Waals surface area contributed by atoms with Gasteiger partial charge in [0.05, 0.1) is 18.7 Å². The summed E-state index contributed by atoms with van der Waals surface area (Å²) >= 11 is 0. The van der Waals surface area contributed by atoms with Crippen molar-refractivity contribution in [2.45, 2.75) is 45.8 Å². The number of hydrogen-bond donors (Lipinski definition) is 2. The zero-order valence-electron chi connectivity index (χ0n) is 18.1. The summed E-state index contributed by atoms with van der Waals surface area (Å²) in [4.78, 5) is 16.3. The van der Waals surface area contributed by atoms with Gasteiger partial charge in [-0.05, 0) is 55.7 Å². The number of aliphatic hydroxyl groups is 1. The molecule has 2 aromatic rings. The van der Waals surface area contributed by atoms with Crippen molar-refractivity contribution < 1.29 is 19.4 Å². The van der Waals surface area contributed by atoms with Crippen molar-refractivity contribution in [3.05, 3.63) is 70.8 Å². The third-order valence-corrected chi connectivity index (χ3v) is 5.40. The van der Waals surface area contributed by atoms with Gasteiger partial charge in [-0.1, -0.05) is 24.5 Å². The molecular formula is C24H27BN2O4. The van der Waals surface area contributed by atoms with Gasteiger partial charge in [-0.15, -0.1) is 0 Å². The van der Waals surface area contributed by atoms with E-state index in [2.05, 4.69) is 4.98 Å². The Morgan fingerprint density at radius 2 is 2.03 bits per heavy atom. The van der Waals surface area contributed by atoms with Gasteiger partial charge >= 0.3 is 5.97 Å². The Bertz CT molecular complexity index is 1050. The van der Waals surface area contributed by atoms with Gasteiger partial charge in [-0.25, -0.2) is 0 Å². The maximum atomic E-state index is 12.1. The topological polar surface area (TPSA) is 94.7 Å². The normalized spacial score (nSPS) is 18.1. The highest BCUT2D eigenvalue weighted by molar-refractivity contribution is 6.32. The van der Waals surface area contributed by atoms with E-state index in [-0.39, 0.29) is 18.1 Å². The molecule has 0 spiro atoms. The number of aromatic nitrogens is 1. The van der Waals surface area contributed by atoms with Gasteiger partial charge in [0, 0.05) is 23.9 Å². The Morgan fingerprint density at radius 3 is 2.71 bits per heavy atom. The summed E-state index contributed by atoms with van der Waals surface area (Å²) in [6.07, 6.45) is 4.31. The van der Waals surface area contributed by atoms with Crippen molar-refractivity contribution in [3.63, 3.8) is 0 Å². The maximum Gasteiger partial charge on any atom is 0.310 e. The van der Waals surface area contributed by atoms with Crippen LogP contribution in [-0.4, -0.2) is 36.1 Å². The smallest absolute Gasteiger partial charge is 0.310 e. The van der Waals surface area contributed by atoms with E-state index in [0.717, 1.165) is 16.8 Å². The number of aliphatic hydroxyl groups excluding tert-OH is 1. The van der Waals surface area contributed by atoms with Gasteiger partial charge in [-0.2, -0.15) is 0 Å². The van der Waals surface area contributed by atoms with Crippen LogP contribution in [-0.2, 0) is 22.5 Å². The van der Waals surface area contributed by atoms with Crippen molar-refractivity contribution in [2.75, 3.05) is 6.61 Å². The first kappa shape index (κ1) is 22.6. The van der Waals surface area contributed by atoms with E-state index >= 15 is 0 Å². The molecule has 1 heterocycles. The van der Waals surface area contributed by atoms with Crippen LogP contribution in [0, 0.1) is 0 Å². The number of rotatable bonds is 8. The Balaban J connectivity index is 2.02. The molecule has 1 atom stereocenters. The van der Waals surface area contributed by atoms with Crippen LogP contribution in [0.2, 0.25) is 0 Å². The highest BCUT2D eigenvalue weighted by Gasteiger charge is 2.42. The molecule has 6 nitrogen and oxygen atoms in total. The fourth-order valence-electron chi connectivity index (χ4n) is 3.72. The van der Waals surface area contributed by atoms with Gasteiger partial charge < -0.3 is 20.3 Å². The summed E-state index contributed by atoms with van der Waals surface area (Å²) in [6.45, 7) is 6.18. The van der Waals surface area contributed by atoms with Crippen LogP contribution in [0.1, 0.15) is 44.0 Å². The lowest BCUT2D eigenvalue weighted by molar-refractivity contribution is -0.142. The Kier molecular flexibility index (Phi) is 6.86. The monoisotopic (exact) mass is 418 g/mol. The first-order chi connectivity index (χ1) is 14.8. The molecule has 1 aromatic heterocycles. The summed E-state index contributed by atoms with van der Waals surface area (Å²) in [6, 6.07) is 8.80. The number of pyridine rings is 1. The molecule has 0 fully saturated rings. The second-order valence-electron chi connectivity index (χ2n) is 7.51. The zero-order chi connectivity index (χ0) is 22.6. The van der Waals surface area contributed by atoms with E-state index in [1.807, 2.05) is 32.1 Å². The molecule has 1 aliphatic carbocycles. The first-order valence-electron chi connectivity index (χ1n) is 10.4. The molecule has 3 rings (SSSR count). The van der Waals surface area contributed by atoms with Crippen molar-refractivity contribution >= 4 is 24.9 Å². The van der Waals surface area contributed by atoms with Crippen LogP contribution >= 0.6 is 0 Å². The third-order valence-electron chi connectivity index (χ3n) is 5.40. The van der Waals surface area contributed by atoms with Crippen LogP contribution in [0.25, 0.3) is 5.57 Å². The molecule has 0 saturated heterocycles. The fourth-order valence-corrected chi connectivity index (χ4v) is 3.72. The van der Waals surface area contributed by atoms with E-state index in [1.165, 1.54) is 0 Å². The minimum atomic E-state index is -1.10. The highest BCUT2D eigenvalue weighted by atomic mass is 16.5. The molecule has 0 aliphatic heterocycles. The molecule has 1 unspecified atom stereocenters. The number of ether oxygens (including phenoxy) is 2. The Hall–Kier alpha value is -3.06. The molecule has 31 heavy (non-hydrogen) atoms. The van der Waals surface area contributed by atoms with E-state index in [4.69, 9.17) is 23.1 Å². The lowest BCUT2D eigenvalue weighted by atomic mass is 9.92. The molecule has 2 radical (unpaired) electrons.